The van der Waals surface area contributed by atoms with Crippen LogP contribution in [-0.2, 0) is 20.9 Å². The monoisotopic (exact) mass is 473 g/mol. The molecule has 1 saturated carbocycles. The number of methoxy groups -OCH3 is 2. The van der Waals surface area contributed by atoms with Gasteiger partial charge in [-0.25, -0.2) is 0 Å². The van der Waals surface area contributed by atoms with Crippen LogP contribution >= 0.6 is 0 Å². The molecule has 3 aromatic rings. The average molecular weight is 474 g/mol. The molecule has 6 nitrogen and oxygen atoms in total. The van der Waals surface area contributed by atoms with Crippen LogP contribution in [0.5, 0.6) is 0 Å². The summed E-state index contributed by atoms with van der Waals surface area (Å²) in [6.07, 6.45) is 0.649. The molecule has 0 radical (unpaired) electrons. The Bertz CT molecular complexity index is 1130. The lowest BCUT2D eigenvalue weighted by atomic mass is 10.0. The molecule has 0 aliphatic heterocycles. The first-order chi connectivity index (χ1) is 16.9. The van der Waals surface area contributed by atoms with Crippen LogP contribution in [0.15, 0.2) is 66.7 Å². The number of aromatic nitrogens is 1. The summed E-state index contributed by atoms with van der Waals surface area (Å²) in [6, 6.07) is 22.1. The number of nitrogens with two attached hydrogens (primary N) is 1. The maximum Gasteiger partial charge on any atom is 0.230 e. The Morgan fingerprint density at radius 2 is 1.71 bits per heavy atom. The summed E-state index contributed by atoms with van der Waals surface area (Å²) in [5.74, 6) is 0.168. The number of nitrogens with zero attached hydrogens (tertiary/aromatic N) is 2. The Hall–Kier alpha value is -3.06. The van der Waals surface area contributed by atoms with Gasteiger partial charge in [0.05, 0.1) is 12.7 Å². The van der Waals surface area contributed by atoms with Crippen molar-refractivity contribution in [3.8, 4) is 11.1 Å². The predicted molar refractivity (Wildman–Crippen MR) is 139 cm³/mol. The lowest BCUT2D eigenvalue weighted by Crippen LogP contribution is -2.47. The van der Waals surface area contributed by atoms with Gasteiger partial charge in [-0.1, -0.05) is 42.5 Å². The van der Waals surface area contributed by atoms with Gasteiger partial charge in [-0.2, -0.15) is 0 Å². The molecular formula is C29H35N3O3. The van der Waals surface area contributed by atoms with Crippen molar-refractivity contribution < 1.29 is 14.3 Å². The van der Waals surface area contributed by atoms with Crippen LogP contribution in [-0.4, -0.2) is 43.8 Å². The molecule has 1 fully saturated rings. The highest BCUT2D eigenvalue weighted by Crippen LogP contribution is 2.48. The Kier molecular flexibility index (Phi) is 7.96. The molecule has 184 valence electrons. The summed E-state index contributed by atoms with van der Waals surface area (Å²) in [4.78, 5) is 20.1. The molecule has 4 rings (SSSR count). The van der Waals surface area contributed by atoms with Gasteiger partial charge in [0, 0.05) is 55.7 Å². The van der Waals surface area contributed by atoms with Crippen molar-refractivity contribution in [3.05, 3.63) is 83.7 Å². The number of ether oxygens (including phenoxy) is 2. The molecule has 1 aliphatic rings. The number of anilines is 1. The second-order valence-electron chi connectivity index (χ2n) is 9.38. The molecule has 0 saturated heterocycles. The Morgan fingerprint density at radius 1 is 1.06 bits per heavy atom. The number of hydrogen-bond donors (Lipinski definition) is 1. The van der Waals surface area contributed by atoms with E-state index >= 15 is 0 Å². The number of carbonyl (C=O) groups is 1. The van der Waals surface area contributed by atoms with Gasteiger partial charge in [0.15, 0.2) is 0 Å². The summed E-state index contributed by atoms with van der Waals surface area (Å²) in [7, 11) is 3.34. The number of aryl methyl sites for hydroxylation is 1. The first-order valence-electron chi connectivity index (χ1n) is 12.1. The van der Waals surface area contributed by atoms with Gasteiger partial charge in [-0.3, -0.25) is 9.78 Å². The molecule has 6 heteroatoms. The van der Waals surface area contributed by atoms with Crippen molar-refractivity contribution in [3.63, 3.8) is 0 Å². The fourth-order valence-electron chi connectivity index (χ4n) is 4.42. The molecule has 1 aliphatic carbocycles. The highest BCUT2D eigenvalue weighted by atomic mass is 16.5. The standard InChI is InChI=1S/C29H35N3O3/c1-19-6-5-7-28(31-19)25-16-26(25)29(33)32(17-27(30)20(2)35-4)24-14-12-23(13-15-24)22-10-8-21(9-11-22)18-34-3/h5-15,20,25-27H,16-18,30H2,1-4H3/t20-,25-,26-,27-/m1/s1. The van der Waals surface area contributed by atoms with Crippen LogP contribution in [0.3, 0.4) is 0 Å². The van der Waals surface area contributed by atoms with Gasteiger partial charge in [0.25, 0.3) is 0 Å². The van der Waals surface area contributed by atoms with E-state index < -0.39 is 0 Å². The molecule has 0 spiro atoms. The zero-order valence-electron chi connectivity index (χ0n) is 21.0. The third-order valence-electron chi connectivity index (χ3n) is 6.81. The van der Waals surface area contributed by atoms with Crippen LogP contribution < -0.4 is 10.6 Å². The van der Waals surface area contributed by atoms with Crippen LogP contribution in [0, 0.1) is 12.8 Å². The van der Waals surface area contributed by atoms with E-state index in [0.717, 1.165) is 40.2 Å². The average Bonchev–Trinajstić information content (AvgIpc) is 3.68. The normalized spacial score (nSPS) is 18.7. The van der Waals surface area contributed by atoms with Gasteiger partial charge in [0.1, 0.15) is 0 Å². The van der Waals surface area contributed by atoms with Crippen LogP contribution in [0.1, 0.15) is 36.2 Å². The Balaban J connectivity index is 1.55. The summed E-state index contributed by atoms with van der Waals surface area (Å²) < 4.78 is 10.6. The Morgan fingerprint density at radius 3 is 2.31 bits per heavy atom. The summed E-state index contributed by atoms with van der Waals surface area (Å²) in [5, 5.41) is 0. The number of benzene rings is 2. The molecule has 4 atom stereocenters. The number of amides is 1. The molecule has 1 aromatic heterocycles. The van der Waals surface area contributed by atoms with E-state index in [2.05, 4.69) is 41.4 Å². The molecule has 1 heterocycles. The molecule has 0 unspecified atom stereocenters. The van der Waals surface area contributed by atoms with E-state index in [1.807, 2.05) is 49.1 Å². The van der Waals surface area contributed by atoms with Crippen molar-refractivity contribution in [2.45, 2.75) is 44.9 Å². The number of carbonyl (C=O) groups excluding carboxylic acids is 1. The third-order valence-corrected chi connectivity index (χ3v) is 6.81. The first kappa shape index (κ1) is 25.0. The third kappa shape index (κ3) is 5.96. The van der Waals surface area contributed by atoms with E-state index in [1.165, 1.54) is 0 Å². The van der Waals surface area contributed by atoms with Crippen LogP contribution in [0.25, 0.3) is 11.1 Å². The Labute approximate surface area is 208 Å². The van der Waals surface area contributed by atoms with E-state index in [1.54, 1.807) is 14.2 Å². The molecule has 1 amide bonds. The molecule has 0 bridgehead atoms. The van der Waals surface area contributed by atoms with Gasteiger partial charge in [-0.15, -0.1) is 0 Å². The van der Waals surface area contributed by atoms with Crippen molar-refractivity contribution in [1.82, 2.24) is 4.98 Å². The number of hydrogen-bond acceptors (Lipinski definition) is 5. The van der Waals surface area contributed by atoms with Crippen molar-refractivity contribution in [2.24, 2.45) is 11.7 Å². The van der Waals surface area contributed by atoms with Crippen molar-refractivity contribution >= 4 is 11.6 Å². The fraction of sp³-hybridized carbons (Fsp3) is 0.379. The van der Waals surface area contributed by atoms with Crippen LogP contribution in [0.2, 0.25) is 0 Å². The SMILES string of the molecule is COCc1ccc(-c2ccc(N(C[C@@H](N)[C@@H](C)OC)C(=O)[C@@H]3C[C@H]3c3cccc(C)n3)cc2)cc1. The highest BCUT2D eigenvalue weighted by Gasteiger charge is 2.47. The number of rotatable bonds is 10. The van der Waals surface area contributed by atoms with Gasteiger partial charge < -0.3 is 20.1 Å². The summed E-state index contributed by atoms with van der Waals surface area (Å²) in [5.41, 5.74) is 12.6. The minimum absolute atomic E-state index is 0.0812. The zero-order valence-corrected chi connectivity index (χ0v) is 21.0. The lowest BCUT2D eigenvalue weighted by Gasteiger charge is -2.29. The largest absolute Gasteiger partial charge is 0.380 e. The molecular weight excluding hydrogens is 438 g/mol. The second kappa shape index (κ2) is 11.1. The summed E-state index contributed by atoms with van der Waals surface area (Å²) in [6.45, 7) is 4.90. The molecule has 2 aromatic carbocycles. The van der Waals surface area contributed by atoms with Crippen molar-refractivity contribution in [1.29, 1.82) is 0 Å². The second-order valence-corrected chi connectivity index (χ2v) is 9.38. The minimum atomic E-state index is -0.300. The fourth-order valence-corrected chi connectivity index (χ4v) is 4.42. The molecule has 35 heavy (non-hydrogen) atoms. The maximum atomic E-state index is 13.7. The first-order valence-corrected chi connectivity index (χ1v) is 12.1. The zero-order chi connectivity index (χ0) is 24.9. The van der Waals surface area contributed by atoms with Crippen molar-refractivity contribution in [2.75, 3.05) is 25.7 Å². The molecule has 2 N–H and O–H groups in total. The maximum absolute atomic E-state index is 13.7. The van der Waals surface area contributed by atoms with E-state index in [4.69, 9.17) is 15.2 Å². The highest BCUT2D eigenvalue weighted by molar-refractivity contribution is 5.97. The van der Waals surface area contributed by atoms with Gasteiger partial charge >= 0.3 is 0 Å². The smallest absolute Gasteiger partial charge is 0.230 e. The minimum Gasteiger partial charge on any atom is -0.380 e. The summed E-state index contributed by atoms with van der Waals surface area (Å²) >= 11 is 0. The quantitative estimate of drug-likeness (QED) is 0.462. The topological polar surface area (TPSA) is 77.7 Å². The number of pyridine rings is 1. The van der Waals surface area contributed by atoms with E-state index in [-0.39, 0.29) is 29.9 Å². The van der Waals surface area contributed by atoms with E-state index in [9.17, 15) is 4.79 Å². The van der Waals surface area contributed by atoms with Gasteiger partial charge in [0.2, 0.25) is 5.91 Å². The predicted octanol–water partition coefficient (Wildman–Crippen LogP) is 4.70. The van der Waals surface area contributed by atoms with Gasteiger partial charge in [-0.05, 0) is 61.2 Å². The lowest BCUT2D eigenvalue weighted by molar-refractivity contribution is -0.120. The van der Waals surface area contributed by atoms with Crippen LogP contribution in [0.4, 0.5) is 5.69 Å². The van der Waals surface area contributed by atoms with E-state index in [0.29, 0.717) is 13.2 Å².